The van der Waals surface area contributed by atoms with Crippen molar-refractivity contribution in [2.45, 2.75) is 44.1 Å². The van der Waals surface area contributed by atoms with Crippen LogP contribution in [-0.2, 0) is 6.54 Å². The van der Waals surface area contributed by atoms with E-state index in [0.29, 0.717) is 28.8 Å². The zero-order chi connectivity index (χ0) is 17.3. The zero-order valence-corrected chi connectivity index (χ0v) is 14.7. The van der Waals surface area contributed by atoms with Crippen molar-refractivity contribution in [2.24, 2.45) is 5.92 Å². The van der Waals surface area contributed by atoms with E-state index in [1.165, 1.54) is 11.8 Å². The summed E-state index contributed by atoms with van der Waals surface area (Å²) < 4.78 is 3.58. The number of aryl methyl sites for hydroxylation is 1. The van der Waals surface area contributed by atoms with Gasteiger partial charge in [-0.1, -0.05) is 37.7 Å². The molecule has 2 aromatic heterocycles. The molecule has 0 aliphatic carbocycles. The van der Waals surface area contributed by atoms with Gasteiger partial charge in [0, 0.05) is 6.54 Å². The topological polar surface area (TPSA) is 76.0 Å². The minimum atomic E-state index is -0.243. The molecule has 6 nitrogen and oxygen atoms in total. The van der Waals surface area contributed by atoms with Crippen molar-refractivity contribution >= 4 is 28.4 Å². The van der Waals surface area contributed by atoms with E-state index in [2.05, 4.69) is 30.1 Å². The average Bonchev–Trinajstić information content (AvgIpc) is 2.98. The van der Waals surface area contributed by atoms with Gasteiger partial charge in [-0.05, 0) is 31.4 Å². The van der Waals surface area contributed by atoms with Crippen molar-refractivity contribution in [3.8, 4) is 6.07 Å². The molecule has 24 heavy (non-hydrogen) atoms. The second-order valence-electron chi connectivity index (χ2n) is 6.16. The molecule has 0 radical (unpaired) electrons. The van der Waals surface area contributed by atoms with Gasteiger partial charge in [0.1, 0.15) is 0 Å². The molecule has 0 aliphatic rings. The van der Waals surface area contributed by atoms with E-state index in [0.717, 1.165) is 11.9 Å². The van der Waals surface area contributed by atoms with Gasteiger partial charge in [-0.3, -0.25) is 13.8 Å². The first-order valence-electron chi connectivity index (χ1n) is 7.96. The van der Waals surface area contributed by atoms with Crippen LogP contribution >= 0.6 is 11.8 Å². The Kier molecular flexibility index (Phi) is 4.58. The molecular formula is C17H19N5OS. The molecule has 1 aromatic carbocycles. The number of thioether (sulfide) groups is 1. The van der Waals surface area contributed by atoms with Gasteiger partial charge >= 0.3 is 0 Å². The maximum Gasteiger partial charge on any atom is 0.262 e. The van der Waals surface area contributed by atoms with Crippen LogP contribution in [0.5, 0.6) is 0 Å². The molecule has 0 fully saturated rings. The minimum absolute atomic E-state index is 0.0453. The lowest BCUT2D eigenvalue weighted by Crippen LogP contribution is -2.24. The van der Waals surface area contributed by atoms with Crippen molar-refractivity contribution in [1.29, 1.82) is 5.26 Å². The summed E-state index contributed by atoms with van der Waals surface area (Å²) in [5.74, 6) is 1.02. The normalized spacial score (nSPS) is 12.8. The maximum absolute atomic E-state index is 12.9. The Morgan fingerprint density at radius 2 is 2.00 bits per heavy atom. The highest BCUT2D eigenvalue weighted by atomic mass is 32.2. The third kappa shape index (κ3) is 2.89. The largest absolute Gasteiger partial charge is 0.276 e. The lowest BCUT2D eigenvalue weighted by molar-refractivity contribution is 0.512. The molecule has 0 unspecified atom stereocenters. The molecular weight excluding hydrogens is 322 g/mol. The van der Waals surface area contributed by atoms with Crippen molar-refractivity contribution in [3.05, 3.63) is 34.6 Å². The molecule has 0 amide bonds. The molecule has 0 N–H and O–H groups in total. The summed E-state index contributed by atoms with van der Waals surface area (Å²) in [6.45, 7) is 6.68. The zero-order valence-electron chi connectivity index (χ0n) is 13.9. The molecule has 0 spiro atoms. The molecule has 0 bridgehead atoms. The summed E-state index contributed by atoms with van der Waals surface area (Å²) in [6, 6.07) is 9.66. The Hall–Kier alpha value is -2.33. The number of nitrogens with zero attached hydrogens (tertiary/aromatic N) is 5. The molecule has 0 saturated carbocycles. The molecule has 1 atom stereocenters. The van der Waals surface area contributed by atoms with Crippen LogP contribution in [0.3, 0.4) is 0 Å². The van der Waals surface area contributed by atoms with Crippen molar-refractivity contribution < 1.29 is 0 Å². The summed E-state index contributed by atoms with van der Waals surface area (Å²) >= 11 is 1.35. The van der Waals surface area contributed by atoms with Crippen molar-refractivity contribution in [3.63, 3.8) is 0 Å². The van der Waals surface area contributed by atoms with E-state index in [1.54, 1.807) is 4.57 Å². The summed E-state index contributed by atoms with van der Waals surface area (Å²) in [4.78, 5) is 12.9. The van der Waals surface area contributed by atoms with Crippen molar-refractivity contribution in [1.82, 2.24) is 19.2 Å². The second-order valence-corrected chi connectivity index (χ2v) is 7.47. The van der Waals surface area contributed by atoms with Crippen LogP contribution in [0.15, 0.2) is 34.2 Å². The Morgan fingerprint density at radius 3 is 2.71 bits per heavy atom. The lowest BCUT2D eigenvalue weighted by Gasteiger charge is -2.12. The summed E-state index contributed by atoms with van der Waals surface area (Å²) in [5, 5.41) is 18.6. The highest BCUT2D eigenvalue weighted by Gasteiger charge is 2.18. The van der Waals surface area contributed by atoms with Gasteiger partial charge in [-0.15, -0.1) is 10.2 Å². The van der Waals surface area contributed by atoms with Crippen molar-refractivity contribution in [2.75, 3.05) is 0 Å². The fourth-order valence-electron chi connectivity index (χ4n) is 2.58. The van der Waals surface area contributed by atoms with Gasteiger partial charge in [-0.2, -0.15) is 5.26 Å². The van der Waals surface area contributed by atoms with E-state index in [4.69, 9.17) is 5.26 Å². The molecule has 3 rings (SSSR count). The van der Waals surface area contributed by atoms with Crippen LogP contribution in [0.4, 0.5) is 0 Å². The quantitative estimate of drug-likeness (QED) is 0.667. The van der Waals surface area contributed by atoms with Gasteiger partial charge in [0.2, 0.25) is 5.78 Å². The van der Waals surface area contributed by atoms with Crippen LogP contribution < -0.4 is 5.56 Å². The van der Waals surface area contributed by atoms with E-state index >= 15 is 0 Å². The Bertz CT molecular complexity index is 982. The van der Waals surface area contributed by atoms with Gasteiger partial charge < -0.3 is 0 Å². The fourth-order valence-corrected chi connectivity index (χ4v) is 3.33. The van der Waals surface area contributed by atoms with Gasteiger partial charge in [0.15, 0.2) is 5.16 Å². The lowest BCUT2D eigenvalue weighted by atomic mass is 10.1. The van der Waals surface area contributed by atoms with Gasteiger partial charge in [0.05, 0.1) is 22.2 Å². The number of aromatic nitrogens is 4. The average molecular weight is 341 g/mol. The third-order valence-electron chi connectivity index (χ3n) is 3.87. The number of para-hydroxylation sites is 1. The Labute approximate surface area is 144 Å². The predicted octanol–water partition coefficient (Wildman–Crippen LogP) is 3.09. The fraction of sp³-hybridized carbons (Fsp3) is 0.412. The first-order valence-corrected chi connectivity index (χ1v) is 8.84. The first kappa shape index (κ1) is 16.5. The van der Waals surface area contributed by atoms with Gasteiger partial charge in [0.25, 0.3) is 5.56 Å². The summed E-state index contributed by atoms with van der Waals surface area (Å²) in [7, 11) is 0. The van der Waals surface area contributed by atoms with Gasteiger partial charge in [-0.25, -0.2) is 0 Å². The maximum atomic E-state index is 12.9. The summed E-state index contributed by atoms with van der Waals surface area (Å²) in [6.07, 6.45) is 0.887. The Morgan fingerprint density at radius 1 is 1.25 bits per heavy atom. The number of hydrogen-bond donors (Lipinski definition) is 0. The van der Waals surface area contributed by atoms with E-state index in [-0.39, 0.29) is 10.8 Å². The third-order valence-corrected chi connectivity index (χ3v) is 4.81. The van der Waals surface area contributed by atoms with Crippen LogP contribution in [0, 0.1) is 17.2 Å². The summed E-state index contributed by atoms with van der Waals surface area (Å²) in [5.41, 5.74) is 0.729. The van der Waals surface area contributed by atoms with Crippen LogP contribution in [-0.4, -0.2) is 24.4 Å². The standard InChI is InChI=1S/C17H19N5OS/c1-11(2)8-9-21-15(23)13-6-4-5-7-14(13)22-16(21)19-20-17(22)24-12(3)10-18/h4-7,11-12H,8-9H2,1-3H3/t12-/m1/s1. The monoisotopic (exact) mass is 341 g/mol. The number of nitriles is 1. The molecule has 3 aromatic rings. The predicted molar refractivity (Wildman–Crippen MR) is 95.1 cm³/mol. The highest BCUT2D eigenvalue weighted by molar-refractivity contribution is 8.00. The first-order chi connectivity index (χ1) is 11.5. The van der Waals surface area contributed by atoms with E-state index in [9.17, 15) is 4.79 Å². The minimum Gasteiger partial charge on any atom is -0.276 e. The van der Waals surface area contributed by atoms with Crippen LogP contribution in [0.1, 0.15) is 27.2 Å². The number of rotatable bonds is 5. The molecule has 2 heterocycles. The van der Waals surface area contributed by atoms with Crippen LogP contribution in [0.25, 0.3) is 16.7 Å². The molecule has 7 heteroatoms. The number of fused-ring (bicyclic) bond motifs is 3. The number of benzene rings is 1. The second kappa shape index (κ2) is 6.65. The molecule has 0 aliphatic heterocycles. The highest BCUT2D eigenvalue weighted by Crippen LogP contribution is 2.24. The van der Waals surface area contributed by atoms with E-state index < -0.39 is 0 Å². The Balaban J connectivity index is 2.29. The van der Waals surface area contributed by atoms with Crippen LogP contribution in [0.2, 0.25) is 0 Å². The SMILES string of the molecule is CC(C)CCn1c(=O)c2ccccc2n2c(S[C@H](C)C#N)nnc12. The molecule has 124 valence electrons. The van der Waals surface area contributed by atoms with E-state index in [1.807, 2.05) is 35.6 Å². The number of hydrogen-bond acceptors (Lipinski definition) is 5. The smallest absolute Gasteiger partial charge is 0.262 e. The molecule has 0 saturated heterocycles.